The van der Waals surface area contributed by atoms with Crippen molar-refractivity contribution in [2.45, 2.75) is 64.7 Å². The Morgan fingerprint density at radius 1 is 1.00 bits per heavy atom. The number of hydrogen-bond acceptors (Lipinski definition) is 4. The molecule has 19 heavy (non-hydrogen) atoms. The van der Waals surface area contributed by atoms with Gasteiger partial charge in [0.2, 0.25) is 0 Å². The van der Waals surface area contributed by atoms with Gasteiger partial charge >= 0.3 is 11.9 Å². The van der Waals surface area contributed by atoms with Gasteiger partial charge in [-0.15, -0.1) is 0 Å². The fourth-order valence-corrected chi connectivity index (χ4v) is 2.29. The summed E-state index contributed by atoms with van der Waals surface area (Å²) < 4.78 is 10.2. The summed E-state index contributed by atoms with van der Waals surface area (Å²) in [6.45, 7) is 3.03. The summed E-state index contributed by atoms with van der Waals surface area (Å²) in [5.41, 5.74) is 0. The van der Waals surface area contributed by atoms with E-state index < -0.39 is 0 Å². The van der Waals surface area contributed by atoms with Gasteiger partial charge in [0.15, 0.2) is 0 Å². The maximum Gasteiger partial charge on any atom is 0.305 e. The van der Waals surface area contributed by atoms with Crippen molar-refractivity contribution in [1.82, 2.24) is 0 Å². The van der Waals surface area contributed by atoms with Crippen LogP contribution in [0, 0.1) is 5.92 Å². The lowest BCUT2D eigenvalue weighted by atomic mass is 10.1. The minimum Gasteiger partial charge on any atom is -0.466 e. The summed E-state index contributed by atoms with van der Waals surface area (Å²) in [5.74, 6) is 0.281. The molecule has 110 valence electrons. The third kappa shape index (κ3) is 7.85. The number of esters is 2. The second-order valence-electron chi connectivity index (χ2n) is 5.26. The first-order valence-electron chi connectivity index (χ1n) is 7.53. The third-order valence-corrected chi connectivity index (χ3v) is 3.43. The molecule has 0 amide bonds. The van der Waals surface area contributed by atoms with E-state index in [1.807, 2.05) is 6.92 Å². The predicted octanol–water partition coefficient (Wildman–Crippen LogP) is 3.23. The van der Waals surface area contributed by atoms with E-state index >= 15 is 0 Å². The Kier molecular flexibility index (Phi) is 8.26. The second kappa shape index (κ2) is 9.82. The normalized spacial score (nSPS) is 15.4. The van der Waals surface area contributed by atoms with E-state index in [1.54, 1.807) is 0 Å². The van der Waals surface area contributed by atoms with Crippen LogP contribution < -0.4 is 0 Å². The monoisotopic (exact) mass is 270 g/mol. The number of carbonyl (C=O) groups is 2. The predicted molar refractivity (Wildman–Crippen MR) is 72.6 cm³/mol. The van der Waals surface area contributed by atoms with Crippen LogP contribution in [0.3, 0.4) is 0 Å². The summed E-state index contributed by atoms with van der Waals surface area (Å²) in [4.78, 5) is 22.7. The molecule has 1 aliphatic rings. The highest BCUT2D eigenvalue weighted by Crippen LogP contribution is 2.24. The molecule has 0 aromatic heterocycles. The van der Waals surface area contributed by atoms with Crippen molar-refractivity contribution in [2.24, 2.45) is 5.92 Å². The highest BCUT2D eigenvalue weighted by Gasteiger charge is 2.16. The van der Waals surface area contributed by atoms with E-state index in [9.17, 15) is 9.59 Å². The zero-order valence-corrected chi connectivity index (χ0v) is 12.0. The standard InChI is InChI=1S/C15H26O4/c1-2-11-18-14(16)9-5-6-10-15(17)19-12-13-7-3-4-8-13/h13H,2-12H2,1H3. The van der Waals surface area contributed by atoms with Gasteiger partial charge in [0.25, 0.3) is 0 Å². The number of rotatable bonds is 9. The zero-order valence-electron chi connectivity index (χ0n) is 12.0. The van der Waals surface area contributed by atoms with Crippen LogP contribution in [0.25, 0.3) is 0 Å². The quantitative estimate of drug-likeness (QED) is 0.477. The molecule has 0 aromatic rings. The van der Waals surface area contributed by atoms with Crippen LogP contribution in [0.2, 0.25) is 0 Å². The van der Waals surface area contributed by atoms with E-state index in [2.05, 4.69) is 0 Å². The molecule has 0 bridgehead atoms. The van der Waals surface area contributed by atoms with Crippen molar-refractivity contribution in [1.29, 1.82) is 0 Å². The minimum atomic E-state index is -0.166. The van der Waals surface area contributed by atoms with E-state index in [-0.39, 0.29) is 11.9 Å². The van der Waals surface area contributed by atoms with E-state index in [4.69, 9.17) is 9.47 Å². The molecule has 0 radical (unpaired) electrons. The maximum atomic E-state index is 11.5. The van der Waals surface area contributed by atoms with Crippen molar-refractivity contribution < 1.29 is 19.1 Å². The van der Waals surface area contributed by atoms with E-state index in [0.717, 1.165) is 6.42 Å². The molecule has 0 aromatic carbocycles. The lowest BCUT2D eigenvalue weighted by Crippen LogP contribution is -2.12. The minimum absolute atomic E-state index is 0.131. The Balaban J connectivity index is 1.93. The van der Waals surface area contributed by atoms with Crippen LogP contribution in [-0.2, 0) is 19.1 Å². The summed E-state index contributed by atoms with van der Waals surface area (Å²) >= 11 is 0. The number of carbonyl (C=O) groups excluding carboxylic acids is 2. The van der Waals surface area contributed by atoms with Crippen LogP contribution in [0.5, 0.6) is 0 Å². The molecule has 0 N–H and O–H groups in total. The van der Waals surface area contributed by atoms with Gasteiger partial charge < -0.3 is 9.47 Å². The molecule has 0 aliphatic heterocycles. The van der Waals surface area contributed by atoms with Crippen LogP contribution in [0.15, 0.2) is 0 Å². The van der Waals surface area contributed by atoms with Crippen molar-refractivity contribution >= 4 is 11.9 Å². The fourth-order valence-electron chi connectivity index (χ4n) is 2.29. The molecular weight excluding hydrogens is 244 g/mol. The van der Waals surface area contributed by atoms with Crippen LogP contribution in [-0.4, -0.2) is 25.2 Å². The summed E-state index contributed by atoms with van der Waals surface area (Å²) in [5, 5.41) is 0. The molecule has 1 rings (SSSR count). The highest BCUT2D eigenvalue weighted by atomic mass is 16.5. The Hall–Kier alpha value is -1.06. The molecule has 4 nitrogen and oxygen atoms in total. The largest absolute Gasteiger partial charge is 0.466 e. The Morgan fingerprint density at radius 2 is 1.58 bits per heavy atom. The van der Waals surface area contributed by atoms with Gasteiger partial charge in [0.1, 0.15) is 0 Å². The topological polar surface area (TPSA) is 52.6 Å². The van der Waals surface area contributed by atoms with Crippen molar-refractivity contribution in [3.8, 4) is 0 Å². The van der Waals surface area contributed by atoms with E-state index in [1.165, 1.54) is 25.7 Å². The first-order chi connectivity index (χ1) is 9.22. The molecule has 0 heterocycles. The average molecular weight is 270 g/mol. The molecule has 4 heteroatoms. The molecule has 1 fully saturated rings. The molecule has 1 aliphatic carbocycles. The first kappa shape index (κ1) is 16.0. The summed E-state index contributed by atoms with van der Waals surface area (Å²) in [6, 6.07) is 0. The van der Waals surface area contributed by atoms with Gasteiger partial charge in [-0.05, 0) is 38.0 Å². The van der Waals surface area contributed by atoms with Crippen molar-refractivity contribution in [3.63, 3.8) is 0 Å². The molecular formula is C15H26O4. The Bertz CT molecular complexity index is 269. The molecule has 0 atom stereocenters. The molecule has 0 unspecified atom stereocenters. The molecule has 0 spiro atoms. The lowest BCUT2D eigenvalue weighted by molar-refractivity contribution is -0.146. The fraction of sp³-hybridized carbons (Fsp3) is 0.867. The first-order valence-corrected chi connectivity index (χ1v) is 7.53. The van der Waals surface area contributed by atoms with Gasteiger partial charge in [-0.2, -0.15) is 0 Å². The third-order valence-electron chi connectivity index (χ3n) is 3.43. The highest BCUT2D eigenvalue weighted by molar-refractivity contribution is 5.70. The Labute approximate surface area is 115 Å². The number of ether oxygens (including phenoxy) is 2. The lowest BCUT2D eigenvalue weighted by Gasteiger charge is -2.09. The number of hydrogen-bond donors (Lipinski definition) is 0. The summed E-state index contributed by atoms with van der Waals surface area (Å²) in [7, 11) is 0. The van der Waals surface area contributed by atoms with Crippen LogP contribution >= 0.6 is 0 Å². The second-order valence-corrected chi connectivity index (χ2v) is 5.26. The van der Waals surface area contributed by atoms with Gasteiger partial charge in [-0.25, -0.2) is 0 Å². The smallest absolute Gasteiger partial charge is 0.305 e. The summed E-state index contributed by atoms with van der Waals surface area (Å²) in [6.07, 6.45) is 7.96. The SMILES string of the molecule is CCCOC(=O)CCCCC(=O)OCC1CCCC1. The maximum absolute atomic E-state index is 11.5. The zero-order chi connectivity index (χ0) is 13.9. The molecule has 1 saturated carbocycles. The average Bonchev–Trinajstić information content (AvgIpc) is 2.92. The van der Waals surface area contributed by atoms with Gasteiger partial charge in [0.05, 0.1) is 13.2 Å². The van der Waals surface area contributed by atoms with Crippen molar-refractivity contribution in [2.75, 3.05) is 13.2 Å². The van der Waals surface area contributed by atoms with Crippen LogP contribution in [0.4, 0.5) is 0 Å². The van der Waals surface area contributed by atoms with Gasteiger partial charge in [-0.3, -0.25) is 9.59 Å². The Morgan fingerprint density at radius 3 is 2.16 bits per heavy atom. The van der Waals surface area contributed by atoms with Gasteiger partial charge in [-0.1, -0.05) is 19.8 Å². The van der Waals surface area contributed by atoms with Crippen molar-refractivity contribution in [3.05, 3.63) is 0 Å². The van der Waals surface area contributed by atoms with Gasteiger partial charge in [0, 0.05) is 12.8 Å². The number of unbranched alkanes of at least 4 members (excludes halogenated alkanes) is 1. The van der Waals surface area contributed by atoms with E-state index in [0.29, 0.717) is 44.8 Å². The molecule has 0 saturated heterocycles. The van der Waals surface area contributed by atoms with Crippen LogP contribution in [0.1, 0.15) is 64.7 Å².